The van der Waals surface area contributed by atoms with Gasteiger partial charge in [0.15, 0.2) is 5.60 Å². The Morgan fingerprint density at radius 3 is 2.68 bits per heavy atom. The standard InChI is InChI=1S/C29H31N5O6S/c1-4-34-24-10-9-22(19(3)27(24)31-32-34)23(13-26(35)36)20-8-7-18(2)21(12-20)14-33-15-29(16-39-17-29)40-28-25(41(33,37)38)6-5-11-30-28/h5-12,23H,4,13-17H2,1-3H3,(H,35,36). The monoisotopic (exact) mass is 577 g/mol. The number of rotatable bonds is 7. The van der Waals surface area contributed by atoms with Gasteiger partial charge in [0.2, 0.25) is 15.9 Å². The Kier molecular flexibility index (Phi) is 6.79. The maximum absolute atomic E-state index is 13.8. The highest BCUT2D eigenvalue weighted by atomic mass is 32.2. The summed E-state index contributed by atoms with van der Waals surface area (Å²) in [4.78, 5) is 16.3. The topological polar surface area (TPSA) is 137 Å². The zero-order valence-electron chi connectivity index (χ0n) is 23.1. The van der Waals surface area contributed by atoms with Crippen LogP contribution in [-0.2, 0) is 32.6 Å². The molecule has 2 aromatic carbocycles. The van der Waals surface area contributed by atoms with Crippen LogP contribution in [0.2, 0.25) is 0 Å². The van der Waals surface area contributed by atoms with Gasteiger partial charge in [-0.3, -0.25) is 4.79 Å². The van der Waals surface area contributed by atoms with E-state index in [-0.39, 0.29) is 43.5 Å². The van der Waals surface area contributed by atoms with E-state index >= 15 is 0 Å². The van der Waals surface area contributed by atoms with Crippen LogP contribution in [0, 0.1) is 13.8 Å². The number of carbonyl (C=O) groups is 1. The number of hydrogen-bond acceptors (Lipinski definition) is 8. The molecule has 0 saturated carbocycles. The van der Waals surface area contributed by atoms with Gasteiger partial charge in [-0.1, -0.05) is 29.5 Å². The maximum atomic E-state index is 13.8. The smallest absolute Gasteiger partial charge is 0.304 e. The summed E-state index contributed by atoms with van der Waals surface area (Å²) in [5, 5.41) is 18.4. The van der Waals surface area contributed by atoms with Gasteiger partial charge in [-0.2, -0.15) is 4.31 Å². The predicted molar refractivity (Wildman–Crippen MR) is 149 cm³/mol. The third-order valence-corrected chi connectivity index (χ3v) is 9.82. The predicted octanol–water partition coefficient (Wildman–Crippen LogP) is 3.42. The van der Waals surface area contributed by atoms with Crippen molar-refractivity contribution < 1.29 is 27.8 Å². The molecule has 1 unspecified atom stereocenters. The van der Waals surface area contributed by atoms with Crippen molar-refractivity contribution in [2.24, 2.45) is 0 Å². The number of fused-ring (bicyclic) bond motifs is 2. The molecule has 214 valence electrons. The molecule has 0 aliphatic carbocycles. The van der Waals surface area contributed by atoms with E-state index in [9.17, 15) is 18.3 Å². The number of carboxylic acids is 1. The highest BCUT2D eigenvalue weighted by molar-refractivity contribution is 7.89. The Morgan fingerprint density at radius 1 is 1.17 bits per heavy atom. The van der Waals surface area contributed by atoms with E-state index in [2.05, 4.69) is 15.3 Å². The van der Waals surface area contributed by atoms with Crippen LogP contribution in [0.3, 0.4) is 0 Å². The molecule has 2 aliphatic heterocycles. The third-order valence-electron chi connectivity index (χ3n) is 8.02. The van der Waals surface area contributed by atoms with Gasteiger partial charge in [0.05, 0.1) is 31.7 Å². The minimum absolute atomic E-state index is 0.0189. The van der Waals surface area contributed by atoms with E-state index in [1.165, 1.54) is 16.6 Å². The molecule has 4 aromatic rings. The molecule has 6 rings (SSSR count). The first kappa shape index (κ1) is 27.3. The first-order valence-electron chi connectivity index (χ1n) is 13.5. The van der Waals surface area contributed by atoms with E-state index < -0.39 is 27.5 Å². The first-order chi connectivity index (χ1) is 19.6. The molecule has 12 heteroatoms. The van der Waals surface area contributed by atoms with Crippen molar-refractivity contribution in [1.82, 2.24) is 24.3 Å². The molecule has 1 N–H and O–H groups in total. The number of aliphatic carboxylic acids is 1. The molecule has 0 bridgehead atoms. The van der Waals surface area contributed by atoms with Crippen molar-refractivity contribution in [2.45, 2.75) is 56.7 Å². The zero-order chi connectivity index (χ0) is 28.9. The lowest BCUT2D eigenvalue weighted by atomic mass is 9.84. The number of aromatic nitrogens is 4. The van der Waals surface area contributed by atoms with E-state index in [4.69, 9.17) is 9.47 Å². The number of sulfonamides is 1. The van der Waals surface area contributed by atoms with Crippen molar-refractivity contribution in [3.05, 3.63) is 76.5 Å². The zero-order valence-corrected chi connectivity index (χ0v) is 23.9. The fourth-order valence-corrected chi connectivity index (χ4v) is 7.26. The van der Waals surface area contributed by atoms with E-state index in [1.54, 1.807) is 10.7 Å². The van der Waals surface area contributed by atoms with Gasteiger partial charge in [0.25, 0.3) is 0 Å². The van der Waals surface area contributed by atoms with Gasteiger partial charge >= 0.3 is 5.97 Å². The Labute approximate surface area is 237 Å². The number of pyridine rings is 1. The van der Waals surface area contributed by atoms with Crippen LogP contribution in [0.1, 0.15) is 47.1 Å². The van der Waals surface area contributed by atoms with Crippen LogP contribution in [0.5, 0.6) is 5.88 Å². The number of carboxylic acid groups (broad SMARTS) is 1. The number of ether oxygens (including phenoxy) is 2. The highest BCUT2D eigenvalue weighted by Gasteiger charge is 2.49. The van der Waals surface area contributed by atoms with Crippen molar-refractivity contribution in [3.63, 3.8) is 0 Å². The fraction of sp³-hybridized carbons (Fsp3) is 0.379. The summed E-state index contributed by atoms with van der Waals surface area (Å²) in [7, 11) is -3.94. The second kappa shape index (κ2) is 10.2. The number of aryl methyl sites for hydroxylation is 3. The summed E-state index contributed by atoms with van der Waals surface area (Å²) in [5.41, 5.74) is 5.00. The summed E-state index contributed by atoms with van der Waals surface area (Å²) in [6.07, 6.45) is 1.38. The molecule has 1 fully saturated rings. The molecular weight excluding hydrogens is 546 g/mol. The van der Waals surface area contributed by atoms with Gasteiger partial charge in [0, 0.05) is 25.2 Å². The largest absolute Gasteiger partial charge is 0.481 e. The van der Waals surface area contributed by atoms with Crippen LogP contribution in [0.4, 0.5) is 0 Å². The molecule has 1 saturated heterocycles. The minimum atomic E-state index is -3.94. The number of hydrogen-bond donors (Lipinski definition) is 1. The van der Waals surface area contributed by atoms with Crippen LogP contribution in [-0.4, -0.2) is 69.1 Å². The van der Waals surface area contributed by atoms with Gasteiger partial charge < -0.3 is 14.6 Å². The van der Waals surface area contributed by atoms with Crippen molar-refractivity contribution >= 4 is 27.0 Å². The van der Waals surface area contributed by atoms with Crippen LogP contribution < -0.4 is 4.74 Å². The van der Waals surface area contributed by atoms with Crippen LogP contribution in [0.15, 0.2) is 53.6 Å². The number of nitrogens with zero attached hydrogens (tertiary/aromatic N) is 5. The van der Waals surface area contributed by atoms with E-state index in [0.29, 0.717) is 6.54 Å². The van der Waals surface area contributed by atoms with E-state index in [0.717, 1.165) is 38.9 Å². The molecule has 41 heavy (non-hydrogen) atoms. The molecule has 0 amide bonds. The first-order valence-corrected chi connectivity index (χ1v) is 14.9. The molecule has 2 aromatic heterocycles. The Balaban J connectivity index is 1.40. The van der Waals surface area contributed by atoms with Gasteiger partial charge in [0.1, 0.15) is 10.4 Å². The summed E-state index contributed by atoms with van der Waals surface area (Å²) < 4.78 is 42.4. The Hall–Kier alpha value is -3.87. The summed E-state index contributed by atoms with van der Waals surface area (Å²) in [6, 6.07) is 12.7. The SMILES string of the molecule is CCn1nnc2c(C)c(C(CC(=O)O)c3ccc(C)c(CN4CC5(COC5)Oc5ncccc5S4(=O)=O)c3)ccc21. The van der Waals surface area contributed by atoms with Crippen molar-refractivity contribution in [2.75, 3.05) is 19.8 Å². The van der Waals surface area contributed by atoms with Crippen molar-refractivity contribution in [3.8, 4) is 5.88 Å². The Morgan fingerprint density at radius 2 is 1.98 bits per heavy atom. The van der Waals surface area contributed by atoms with Gasteiger partial charge in [-0.05, 0) is 66.8 Å². The number of benzene rings is 2. The maximum Gasteiger partial charge on any atom is 0.304 e. The average Bonchev–Trinajstić information content (AvgIpc) is 3.31. The quantitative estimate of drug-likeness (QED) is 0.350. The molecule has 1 spiro atoms. The second-order valence-electron chi connectivity index (χ2n) is 10.7. The van der Waals surface area contributed by atoms with Crippen LogP contribution in [0.25, 0.3) is 11.0 Å². The summed E-state index contributed by atoms with van der Waals surface area (Å²) in [5.74, 6) is -1.32. The average molecular weight is 578 g/mol. The van der Waals surface area contributed by atoms with Crippen LogP contribution >= 0.6 is 0 Å². The molecule has 2 aliphatic rings. The fourth-order valence-electron chi connectivity index (χ4n) is 5.70. The van der Waals surface area contributed by atoms with Gasteiger partial charge in [-0.15, -0.1) is 5.10 Å². The lowest BCUT2D eigenvalue weighted by molar-refractivity contribution is -0.166. The second-order valence-corrected chi connectivity index (χ2v) is 12.7. The summed E-state index contributed by atoms with van der Waals surface area (Å²) >= 11 is 0. The van der Waals surface area contributed by atoms with Gasteiger partial charge in [-0.25, -0.2) is 18.1 Å². The molecular formula is C29H31N5O6S. The Bertz CT molecular complexity index is 1760. The minimum Gasteiger partial charge on any atom is -0.481 e. The lowest BCUT2D eigenvalue weighted by Gasteiger charge is -2.41. The molecule has 0 radical (unpaired) electrons. The third kappa shape index (κ3) is 4.75. The normalized spacial score (nSPS) is 18.3. The lowest BCUT2D eigenvalue weighted by Crippen LogP contribution is -2.60. The molecule has 1 atom stereocenters. The summed E-state index contributed by atoms with van der Waals surface area (Å²) in [6.45, 7) is 7.24. The van der Waals surface area contributed by atoms with Crippen molar-refractivity contribution in [1.29, 1.82) is 0 Å². The molecule has 4 heterocycles. The molecule has 11 nitrogen and oxygen atoms in total. The highest BCUT2D eigenvalue weighted by Crippen LogP contribution is 2.38. The van der Waals surface area contributed by atoms with E-state index in [1.807, 2.05) is 51.1 Å².